The van der Waals surface area contributed by atoms with Crippen LogP contribution in [0, 0.1) is 0 Å². The van der Waals surface area contributed by atoms with Gasteiger partial charge >= 0.3 is 0 Å². The van der Waals surface area contributed by atoms with Crippen LogP contribution in [0.3, 0.4) is 0 Å². The molecule has 25 heavy (non-hydrogen) atoms. The van der Waals surface area contributed by atoms with E-state index in [4.69, 9.17) is 16.3 Å². The maximum Gasteiger partial charge on any atom is 0.135 e. The Bertz CT molecular complexity index is 841. The topological polar surface area (TPSA) is 59.1 Å². The highest BCUT2D eigenvalue weighted by molar-refractivity contribution is 6.33. The molecule has 0 spiro atoms. The molecule has 3 aromatic rings. The van der Waals surface area contributed by atoms with Crippen LogP contribution in [-0.4, -0.2) is 23.6 Å². The SMILES string of the molecule is COc1cccc(CCNc2cc(Nc3ccccc3Cl)ncn2)c1. The minimum atomic E-state index is 0.647. The third-order valence-corrected chi connectivity index (χ3v) is 3.99. The monoisotopic (exact) mass is 354 g/mol. The number of rotatable bonds is 7. The van der Waals surface area contributed by atoms with E-state index in [0.717, 1.165) is 30.2 Å². The van der Waals surface area contributed by atoms with Gasteiger partial charge in [-0.25, -0.2) is 9.97 Å². The number of benzene rings is 2. The van der Waals surface area contributed by atoms with E-state index in [-0.39, 0.29) is 0 Å². The van der Waals surface area contributed by atoms with Crippen LogP contribution in [0.4, 0.5) is 17.3 Å². The van der Waals surface area contributed by atoms with E-state index in [2.05, 4.69) is 26.7 Å². The van der Waals surface area contributed by atoms with E-state index in [0.29, 0.717) is 10.8 Å². The second kappa shape index (κ2) is 8.35. The molecular formula is C19H19ClN4O. The number of nitrogens with one attached hydrogen (secondary N) is 2. The van der Waals surface area contributed by atoms with Gasteiger partial charge in [-0.3, -0.25) is 0 Å². The third-order valence-electron chi connectivity index (χ3n) is 3.66. The molecule has 0 aliphatic heterocycles. The standard InChI is InChI=1S/C19H19ClN4O/c1-25-15-6-4-5-14(11-15)9-10-21-18-12-19(23-13-22-18)24-17-8-3-2-7-16(17)20/h2-8,11-13H,9-10H2,1H3,(H2,21,22,23,24). The van der Waals surface area contributed by atoms with Gasteiger partial charge in [0.15, 0.2) is 0 Å². The Balaban J connectivity index is 1.59. The van der Waals surface area contributed by atoms with Gasteiger partial charge in [-0.1, -0.05) is 35.9 Å². The van der Waals surface area contributed by atoms with Crippen LogP contribution >= 0.6 is 11.6 Å². The molecule has 1 heterocycles. The van der Waals surface area contributed by atoms with Crippen LogP contribution in [0.1, 0.15) is 5.56 Å². The Morgan fingerprint density at radius 3 is 2.68 bits per heavy atom. The van der Waals surface area contributed by atoms with Crippen molar-refractivity contribution in [3.63, 3.8) is 0 Å². The number of ether oxygens (including phenoxy) is 1. The summed E-state index contributed by atoms with van der Waals surface area (Å²) in [5.74, 6) is 2.31. The fourth-order valence-electron chi connectivity index (χ4n) is 2.39. The van der Waals surface area contributed by atoms with Crippen LogP contribution in [0.15, 0.2) is 60.9 Å². The van der Waals surface area contributed by atoms with Gasteiger partial charge in [0.05, 0.1) is 17.8 Å². The summed E-state index contributed by atoms with van der Waals surface area (Å²) in [6, 6.07) is 17.4. The third kappa shape index (κ3) is 4.84. The van der Waals surface area contributed by atoms with Crippen LogP contribution in [0.25, 0.3) is 0 Å². The smallest absolute Gasteiger partial charge is 0.135 e. The number of methoxy groups -OCH3 is 1. The zero-order valence-electron chi connectivity index (χ0n) is 13.9. The molecule has 0 atom stereocenters. The summed E-state index contributed by atoms with van der Waals surface area (Å²) in [4.78, 5) is 8.48. The Morgan fingerprint density at radius 2 is 1.84 bits per heavy atom. The maximum atomic E-state index is 6.16. The van der Waals surface area contributed by atoms with Crippen molar-refractivity contribution in [2.24, 2.45) is 0 Å². The van der Waals surface area contributed by atoms with E-state index in [1.54, 1.807) is 7.11 Å². The van der Waals surface area contributed by atoms with E-state index in [1.807, 2.05) is 48.5 Å². The molecule has 128 valence electrons. The molecule has 5 nitrogen and oxygen atoms in total. The summed E-state index contributed by atoms with van der Waals surface area (Å²) in [6.07, 6.45) is 2.39. The average Bonchev–Trinajstić information content (AvgIpc) is 2.64. The molecule has 0 amide bonds. The van der Waals surface area contributed by atoms with Crippen molar-refractivity contribution in [1.29, 1.82) is 0 Å². The first kappa shape index (κ1) is 17.0. The second-order valence-electron chi connectivity index (χ2n) is 5.42. The quantitative estimate of drug-likeness (QED) is 0.652. The molecule has 0 aliphatic rings. The largest absolute Gasteiger partial charge is 0.497 e. The molecule has 0 radical (unpaired) electrons. The Kier molecular flexibility index (Phi) is 5.69. The fourth-order valence-corrected chi connectivity index (χ4v) is 2.57. The molecule has 0 bridgehead atoms. The molecule has 0 unspecified atom stereocenters. The average molecular weight is 355 g/mol. The maximum absolute atomic E-state index is 6.16. The van der Waals surface area contributed by atoms with Gasteiger partial charge < -0.3 is 15.4 Å². The molecule has 2 aromatic carbocycles. The number of nitrogens with zero attached hydrogens (tertiary/aromatic N) is 2. The predicted octanol–water partition coefficient (Wildman–Crippen LogP) is 4.54. The number of aromatic nitrogens is 2. The summed E-state index contributed by atoms with van der Waals surface area (Å²) in [6.45, 7) is 0.760. The number of anilines is 3. The molecule has 3 rings (SSSR count). The molecular weight excluding hydrogens is 336 g/mol. The summed E-state index contributed by atoms with van der Waals surface area (Å²) < 4.78 is 5.24. The summed E-state index contributed by atoms with van der Waals surface area (Å²) in [5.41, 5.74) is 2.01. The Hall–Kier alpha value is -2.79. The van der Waals surface area contributed by atoms with Gasteiger partial charge in [-0.05, 0) is 36.2 Å². The highest BCUT2D eigenvalue weighted by Crippen LogP contribution is 2.24. The first-order valence-corrected chi connectivity index (χ1v) is 8.33. The van der Waals surface area contributed by atoms with Crippen molar-refractivity contribution in [1.82, 2.24) is 9.97 Å². The van der Waals surface area contributed by atoms with Crippen molar-refractivity contribution in [2.45, 2.75) is 6.42 Å². The van der Waals surface area contributed by atoms with Crippen molar-refractivity contribution < 1.29 is 4.74 Å². The molecule has 0 fully saturated rings. The lowest BCUT2D eigenvalue weighted by molar-refractivity contribution is 0.414. The van der Waals surface area contributed by atoms with Crippen LogP contribution in [0.5, 0.6) is 5.75 Å². The number of halogens is 1. The highest BCUT2D eigenvalue weighted by atomic mass is 35.5. The number of para-hydroxylation sites is 1. The van der Waals surface area contributed by atoms with Crippen molar-refractivity contribution in [2.75, 3.05) is 24.3 Å². The lowest BCUT2D eigenvalue weighted by Crippen LogP contribution is -2.07. The molecule has 0 saturated heterocycles. The fraction of sp³-hybridized carbons (Fsp3) is 0.158. The molecule has 2 N–H and O–H groups in total. The predicted molar refractivity (Wildman–Crippen MR) is 102 cm³/mol. The first-order valence-electron chi connectivity index (χ1n) is 7.95. The van der Waals surface area contributed by atoms with E-state index < -0.39 is 0 Å². The molecule has 0 saturated carbocycles. The van der Waals surface area contributed by atoms with Gasteiger partial charge in [-0.2, -0.15) is 0 Å². The molecule has 6 heteroatoms. The summed E-state index contributed by atoms with van der Waals surface area (Å²) in [5, 5.41) is 7.15. The minimum Gasteiger partial charge on any atom is -0.497 e. The van der Waals surface area contributed by atoms with Gasteiger partial charge in [-0.15, -0.1) is 0 Å². The molecule has 1 aromatic heterocycles. The van der Waals surface area contributed by atoms with Crippen LogP contribution in [0.2, 0.25) is 5.02 Å². The van der Waals surface area contributed by atoms with Gasteiger partial charge in [0.1, 0.15) is 23.7 Å². The lowest BCUT2D eigenvalue weighted by Gasteiger charge is -2.10. The first-order chi connectivity index (χ1) is 12.2. The molecule has 0 aliphatic carbocycles. The van der Waals surface area contributed by atoms with Crippen LogP contribution in [-0.2, 0) is 6.42 Å². The van der Waals surface area contributed by atoms with E-state index in [1.165, 1.54) is 11.9 Å². The normalized spacial score (nSPS) is 10.3. The van der Waals surface area contributed by atoms with Crippen molar-refractivity contribution in [3.05, 3.63) is 71.5 Å². The van der Waals surface area contributed by atoms with Crippen LogP contribution < -0.4 is 15.4 Å². The zero-order valence-corrected chi connectivity index (χ0v) is 14.6. The minimum absolute atomic E-state index is 0.647. The lowest BCUT2D eigenvalue weighted by atomic mass is 10.1. The highest BCUT2D eigenvalue weighted by Gasteiger charge is 2.03. The number of hydrogen-bond donors (Lipinski definition) is 2. The summed E-state index contributed by atoms with van der Waals surface area (Å²) >= 11 is 6.16. The van der Waals surface area contributed by atoms with E-state index >= 15 is 0 Å². The van der Waals surface area contributed by atoms with Gasteiger partial charge in [0, 0.05) is 12.6 Å². The summed E-state index contributed by atoms with van der Waals surface area (Å²) in [7, 11) is 1.67. The van der Waals surface area contributed by atoms with E-state index in [9.17, 15) is 0 Å². The van der Waals surface area contributed by atoms with Gasteiger partial charge in [0.25, 0.3) is 0 Å². The Labute approximate surface area is 152 Å². The second-order valence-corrected chi connectivity index (χ2v) is 5.83. The number of hydrogen-bond acceptors (Lipinski definition) is 5. The zero-order chi connectivity index (χ0) is 17.5. The van der Waals surface area contributed by atoms with Crippen molar-refractivity contribution >= 4 is 28.9 Å². The van der Waals surface area contributed by atoms with Crippen molar-refractivity contribution in [3.8, 4) is 5.75 Å². The Morgan fingerprint density at radius 1 is 1.00 bits per heavy atom. The van der Waals surface area contributed by atoms with Gasteiger partial charge in [0.2, 0.25) is 0 Å².